The highest BCUT2D eigenvalue weighted by Gasteiger charge is 2.41. The van der Waals surface area contributed by atoms with Gasteiger partial charge in [-0.05, 0) is 35.4 Å². The summed E-state index contributed by atoms with van der Waals surface area (Å²) in [6.45, 7) is 0. The van der Waals surface area contributed by atoms with Crippen molar-refractivity contribution in [1.82, 2.24) is 5.32 Å². The molecule has 0 bridgehead atoms. The number of carboxylic acid groups (broad SMARTS) is 1. The number of hydrogen-bond donors (Lipinski definition) is 2. The second kappa shape index (κ2) is 8.00. The van der Waals surface area contributed by atoms with Gasteiger partial charge in [0.15, 0.2) is 11.8 Å². The number of allylic oxidation sites excluding steroid dienone is 5. The highest BCUT2D eigenvalue weighted by atomic mass is 19.2. The Balaban J connectivity index is 1.90. The van der Waals surface area contributed by atoms with Crippen molar-refractivity contribution >= 4 is 17.4 Å². The van der Waals surface area contributed by atoms with E-state index in [1.807, 2.05) is 0 Å². The van der Waals surface area contributed by atoms with Crippen molar-refractivity contribution in [2.75, 3.05) is 0 Å². The van der Waals surface area contributed by atoms with E-state index < -0.39 is 29.4 Å². The van der Waals surface area contributed by atoms with Gasteiger partial charge in [0.25, 0.3) is 5.91 Å². The van der Waals surface area contributed by atoms with Gasteiger partial charge >= 0.3 is 5.97 Å². The fourth-order valence-electron chi connectivity index (χ4n) is 2.86. The minimum absolute atomic E-state index is 0.0842. The van der Waals surface area contributed by atoms with Crippen LogP contribution in [0.25, 0.3) is 5.57 Å². The van der Waals surface area contributed by atoms with Crippen molar-refractivity contribution in [3.63, 3.8) is 0 Å². The first-order valence-electron chi connectivity index (χ1n) is 8.51. The Labute approximate surface area is 160 Å². The van der Waals surface area contributed by atoms with Crippen LogP contribution in [0.15, 0.2) is 90.7 Å². The quantitative estimate of drug-likeness (QED) is 0.767. The second-order valence-electron chi connectivity index (χ2n) is 6.22. The number of aliphatic carboxylic acids is 1. The van der Waals surface area contributed by atoms with E-state index >= 15 is 8.78 Å². The van der Waals surface area contributed by atoms with Crippen LogP contribution >= 0.6 is 0 Å². The summed E-state index contributed by atoms with van der Waals surface area (Å²) in [4.78, 5) is 23.7. The highest BCUT2D eigenvalue weighted by molar-refractivity contribution is 6.00. The molecule has 0 aliphatic heterocycles. The molecular formula is C22H17F2NO3. The standard InChI is InChI=1S/C22H17F2NO3/c23-19-17(15-8-3-1-4-9-15)12-7-13-22(19,24)14-18(21(27)28)25-20(26)16-10-5-2-6-11-16/h1-14,19H,(H,25,26)(H,27,28). The maximum Gasteiger partial charge on any atom is 0.352 e. The molecule has 2 unspecified atom stereocenters. The number of rotatable bonds is 5. The smallest absolute Gasteiger partial charge is 0.352 e. The normalized spacial score (nSPS) is 21.7. The van der Waals surface area contributed by atoms with Gasteiger partial charge in [0.05, 0.1) is 0 Å². The highest BCUT2D eigenvalue weighted by Crippen LogP contribution is 2.37. The molecule has 1 amide bonds. The van der Waals surface area contributed by atoms with Crippen molar-refractivity contribution < 1.29 is 23.5 Å². The van der Waals surface area contributed by atoms with Crippen LogP contribution in [0.4, 0.5) is 8.78 Å². The molecule has 0 heterocycles. The molecule has 28 heavy (non-hydrogen) atoms. The first-order valence-corrected chi connectivity index (χ1v) is 8.51. The summed E-state index contributed by atoms with van der Waals surface area (Å²) in [5, 5.41) is 11.5. The Bertz CT molecular complexity index is 968. The second-order valence-corrected chi connectivity index (χ2v) is 6.22. The third-order valence-corrected chi connectivity index (χ3v) is 4.28. The molecule has 3 rings (SSSR count). The predicted molar refractivity (Wildman–Crippen MR) is 102 cm³/mol. The third kappa shape index (κ3) is 4.06. The van der Waals surface area contributed by atoms with Gasteiger partial charge in [-0.15, -0.1) is 0 Å². The number of carbonyl (C=O) groups excluding carboxylic acids is 1. The van der Waals surface area contributed by atoms with E-state index in [1.165, 1.54) is 24.3 Å². The lowest BCUT2D eigenvalue weighted by molar-refractivity contribution is -0.133. The van der Waals surface area contributed by atoms with E-state index in [4.69, 9.17) is 0 Å². The molecule has 4 nitrogen and oxygen atoms in total. The van der Waals surface area contributed by atoms with Crippen LogP contribution in [0.3, 0.4) is 0 Å². The lowest BCUT2D eigenvalue weighted by Crippen LogP contribution is -2.37. The monoisotopic (exact) mass is 381 g/mol. The van der Waals surface area contributed by atoms with Gasteiger partial charge in [0, 0.05) is 5.56 Å². The molecule has 0 radical (unpaired) electrons. The number of carboxylic acids is 1. The van der Waals surface area contributed by atoms with Gasteiger partial charge in [-0.25, -0.2) is 13.6 Å². The fourth-order valence-corrected chi connectivity index (χ4v) is 2.86. The Hall–Kier alpha value is -3.54. The lowest BCUT2D eigenvalue weighted by Gasteiger charge is -2.28. The predicted octanol–water partition coefficient (Wildman–Crippen LogP) is 4.08. The summed E-state index contributed by atoms with van der Waals surface area (Å²) in [6, 6.07) is 16.3. The molecule has 2 aromatic rings. The number of halogens is 2. The van der Waals surface area contributed by atoms with Crippen LogP contribution in [0, 0.1) is 0 Å². The van der Waals surface area contributed by atoms with E-state index in [-0.39, 0.29) is 11.1 Å². The minimum atomic E-state index is -2.72. The summed E-state index contributed by atoms with van der Waals surface area (Å²) in [5.74, 6) is -2.30. The molecule has 0 saturated carbocycles. The molecule has 6 heteroatoms. The molecule has 1 aliphatic carbocycles. The SMILES string of the molecule is O=C(O)C(=CC1(F)C=CC=C(c2ccccc2)C1F)NC(=O)c1ccccc1. The van der Waals surface area contributed by atoms with Gasteiger partial charge in [-0.1, -0.05) is 60.7 Å². The van der Waals surface area contributed by atoms with Gasteiger partial charge in [0.2, 0.25) is 0 Å². The summed E-state index contributed by atoms with van der Waals surface area (Å²) in [7, 11) is 0. The van der Waals surface area contributed by atoms with Gasteiger partial charge in [0.1, 0.15) is 5.70 Å². The van der Waals surface area contributed by atoms with Crippen LogP contribution in [0.2, 0.25) is 0 Å². The van der Waals surface area contributed by atoms with Crippen molar-refractivity contribution in [2.24, 2.45) is 0 Å². The zero-order valence-electron chi connectivity index (χ0n) is 14.7. The fraction of sp³-hybridized carbons (Fsp3) is 0.0909. The molecule has 0 saturated heterocycles. The summed E-state index contributed by atoms with van der Waals surface area (Å²) in [6.07, 6.45) is 2.15. The Morgan fingerprint density at radius 3 is 2.25 bits per heavy atom. The van der Waals surface area contributed by atoms with Gasteiger partial charge in [-0.2, -0.15) is 0 Å². The first kappa shape index (κ1) is 19.2. The molecule has 1 aliphatic rings. The molecular weight excluding hydrogens is 364 g/mol. The van der Waals surface area contributed by atoms with E-state index in [1.54, 1.807) is 48.5 Å². The molecule has 0 spiro atoms. The largest absolute Gasteiger partial charge is 0.477 e. The van der Waals surface area contributed by atoms with Gasteiger partial charge < -0.3 is 10.4 Å². The summed E-state index contributed by atoms with van der Waals surface area (Å²) >= 11 is 0. The number of carbonyl (C=O) groups is 2. The van der Waals surface area contributed by atoms with Crippen molar-refractivity contribution in [2.45, 2.75) is 11.8 Å². The Kier molecular flexibility index (Phi) is 5.49. The maximum absolute atomic E-state index is 15.4. The number of amides is 1. The van der Waals surface area contributed by atoms with Crippen LogP contribution < -0.4 is 5.32 Å². The zero-order chi connectivity index (χ0) is 20.1. The molecule has 0 aromatic heterocycles. The topological polar surface area (TPSA) is 66.4 Å². The lowest BCUT2D eigenvalue weighted by atomic mass is 9.85. The van der Waals surface area contributed by atoms with Gasteiger partial charge in [-0.3, -0.25) is 4.79 Å². The molecule has 0 fully saturated rings. The molecule has 2 N–H and O–H groups in total. The number of benzene rings is 2. The zero-order valence-corrected chi connectivity index (χ0v) is 14.7. The first-order chi connectivity index (χ1) is 13.4. The third-order valence-electron chi connectivity index (χ3n) is 4.28. The number of nitrogens with one attached hydrogen (secondary N) is 1. The number of hydrogen-bond acceptors (Lipinski definition) is 2. The molecule has 2 atom stereocenters. The van der Waals surface area contributed by atoms with Crippen molar-refractivity contribution in [1.29, 1.82) is 0 Å². The van der Waals surface area contributed by atoms with Crippen LogP contribution in [0.1, 0.15) is 15.9 Å². The maximum atomic E-state index is 15.4. The van der Waals surface area contributed by atoms with E-state index in [0.717, 1.165) is 6.08 Å². The Morgan fingerprint density at radius 2 is 1.64 bits per heavy atom. The molecule has 142 valence electrons. The minimum Gasteiger partial charge on any atom is -0.477 e. The van der Waals surface area contributed by atoms with Crippen molar-refractivity contribution in [3.8, 4) is 0 Å². The van der Waals surface area contributed by atoms with Crippen molar-refractivity contribution in [3.05, 3.63) is 102 Å². The average molecular weight is 381 g/mol. The number of alkyl halides is 2. The van der Waals surface area contributed by atoms with Crippen LogP contribution in [0.5, 0.6) is 0 Å². The average Bonchev–Trinajstić information content (AvgIpc) is 2.71. The van der Waals surface area contributed by atoms with Crippen LogP contribution in [-0.2, 0) is 4.79 Å². The van der Waals surface area contributed by atoms with Crippen LogP contribution in [-0.4, -0.2) is 28.8 Å². The van der Waals surface area contributed by atoms with E-state index in [2.05, 4.69) is 5.32 Å². The Morgan fingerprint density at radius 1 is 1.04 bits per heavy atom. The summed E-state index contributed by atoms with van der Waals surface area (Å²) in [5.41, 5.74) is -2.69. The summed E-state index contributed by atoms with van der Waals surface area (Å²) < 4.78 is 30.4. The molecule has 2 aromatic carbocycles. The van der Waals surface area contributed by atoms with E-state index in [0.29, 0.717) is 11.6 Å². The van der Waals surface area contributed by atoms with E-state index in [9.17, 15) is 14.7 Å².